The zero-order valence-corrected chi connectivity index (χ0v) is 9.41. The lowest BCUT2D eigenvalue weighted by atomic mass is 9.87. The van der Waals surface area contributed by atoms with E-state index in [-0.39, 0.29) is 5.92 Å². The van der Waals surface area contributed by atoms with E-state index in [4.69, 9.17) is 11.7 Å². The van der Waals surface area contributed by atoms with Gasteiger partial charge in [-0.1, -0.05) is 6.07 Å². The number of carbonyl (C=O) groups is 1. The molecule has 1 unspecified atom stereocenters. The molecule has 1 aliphatic rings. The highest BCUT2D eigenvalue weighted by Gasteiger charge is 2.21. The van der Waals surface area contributed by atoms with Crippen LogP contribution >= 0.6 is 0 Å². The first kappa shape index (κ1) is 11.5. The summed E-state index contributed by atoms with van der Waals surface area (Å²) in [7, 11) is 0. The molecule has 0 fully saturated rings. The average molecular weight is 233 g/mol. The fourth-order valence-corrected chi connectivity index (χ4v) is 2.10. The molecule has 6 heteroatoms. The molecule has 2 rings (SSSR count). The SMILES string of the molecule is N/N=C\N(N)c1ccc2c(n1)CCCC2C=O. The number of hydrazone groups is 1. The van der Waals surface area contributed by atoms with Gasteiger partial charge in [0.1, 0.15) is 18.4 Å². The van der Waals surface area contributed by atoms with Gasteiger partial charge in [0.15, 0.2) is 0 Å². The number of aromatic nitrogens is 1. The molecular weight excluding hydrogens is 218 g/mol. The summed E-state index contributed by atoms with van der Waals surface area (Å²) in [5.74, 6) is 11.2. The highest BCUT2D eigenvalue weighted by atomic mass is 16.1. The Kier molecular flexibility index (Phi) is 3.34. The number of carbonyl (C=O) groups excluding carboxylic acids is 1. The second-order valence-corrected chi connectivity index (χ2v) is 4.01. The molecule has 1 atom stereocenters. The Bertz CT molecular complexity index is 445. The van der Waals surface area contributed by atoms with Gasteiger partial charge < -0.3 is 10.6 Å². The zero-order valence-electron chi connectivity index (χ0n) is 9.41. The van der Waals surface area contributed by atoms with E-state index in [1.54, 1.807) is 6.07 Å². The number of nitrogens with two attached hydrogens (primary N) is 2. The quantitative estimate of drug-likeness (QED) is 0.257. The van der Waals surface area contributed by atoms with E-state index >= 15 is 0 Å². The summed E-state index contributed by atoms with van der Waals surface area (Å²) in [4.78, 5) is 15.4. The van der Waals surface area contributed by atoms with Crippen molar-refractivity contribution in [3.63, 3.8) is 0 Å². The number of pyridine rings is 1. The van der Waals surface area contributed by atoms with Gasteiger partial charge in [0.05, 0.1) is 0 Å². The zero-order chi connectivity index (χ0) is 12.3. The molecule has 1 heterocycles. The van der Waals surface area contributed by atoms with E-state index in [0.717, 1.165) is 36.8 Å². The Balaban J connectivity index is 2.33. The smallest absolute Gasteiger partial charge is 0.148 e. The van der Waals surface area contributed by atoms with Gasteiger partial charge in [-0.05, 0) is 30.9 Å². The molecule has 17 heavy (non-hydrogen) atoms. The van der Waals surface area contributed by atoms with Crippen LogP contribution in [-0.4, -0.2) is 17.6 Å². The van der Waals surface area contributed by atoms with Crippen LogP contribution < -0.4 is 16.7 Å². The van der Waals surface area contributed by atoms with Crippen LogP contribution in [0, 0.1) is 0 Å². The second-order valence-electron chi connectivity index (χ2n) is 4.01. The standard InChI is InChI=1S/C11H15N5O/c12-14-7-16(13)11-5-4-9-8(6-17)2-1-3-10(9)15-11/h4-8H,1-3,12-13H2/b14-7-. The molecule has 0 amide bonds. The number of hydrogen-bond donors (Lipinski definition) is 2. The molecule has 0 aliphatic heterocycles. The van der Waals surface area contributed by atoms with Crippen LogP contribution in [0.1, 0.15) is 30.0 Å². The summed E-state index contributed by atoms with van der Waals surface area (Å²) in [5, 5.41) is 4.59. The first-order valence-corrected chi connectivity index (χ1v) is 5.48. The third kappa shape index (κ3) is 2.26. The van der Waals surface area contributed by atoms with Crippen molar-refractivity contribution in [3.05, 3.63) is 23.4 Å². The summed E-state index contributed by atoms with van der Waals surface area (Å²) in [6.45, 7) is 0. The molecule has 1 aromatic heterocycles. The van der Waals surface area contributed by atoms with Crippen molar-refractivity contribution in [3.8, 4) is 0 Å². The molecule has 6 nitrogen and oxygen atoms in total. The lowest BCUT2D eigenvalue weighted by molar-refractivity contribution is -0.109. The minimum Gasteiger partial charge on any atom is -0.322 e. The lowest BCUT2D eigenvalue weighted by Gasteiger charge is -2.22. The largest absolute Gasteiger partial charge is 0.322 e. The normalized spacial score (nSPS) is 19.0. The predicted molar refractivity (Wildman–Crippen MR) is 65.3 cm³/mol. The van der Waals surface area contributed by atoms with Crippen LogP contribution in [0.2, 0.25) is 0 Å². The highest BCUT2D eigenvalue weighted by Crippen LogP contribution is 2.30. The van der Waals surface area contributed by atoms with Crippen molar-refractivity contribution < 1.29 is 4.79 Å². The number of fused-ring (bicyclic) bond motifs is 1. The minimum atomic E-state index is -0.0327. The van der Waals surface area contributed by atoms with Crippen LogP contribution in [0.3, 0.4) is 0 Å². The van der Waals surface area contributed by atoms with Gasteiger partial charge in [-0.3, -0.25) is 0 Å². The van der Waals surface area contributed by atoms with Crippen LogP contribution in [0.4, 0.5) is 5.82 Å². The predicted octanol–water partition coefficient (Wildman–Crippen LogP) is 0.282. The number of aryl methyl sites for hydroxylation is 1. The maximum Gasteiger partial charge on any atom is 0.148 e. The van der Waals surface area contributed by atoms with Crippen LogP contribution in [0.25, 0.3) is 0 Å². The van der Waals surface area contributed by atoms with Crippen molar-refractivity contribution in [1.82, 2.24) is 4.98 Å². The summed E-state index contributed by atoms with van der Waals surface area (Å²) in [5.41, 5.74) is 1.94. The summed E-state index contributed by atoms with van der Waals surface area (Å²) < 4.78 is 0. The fraction of sp³-hybridized carbons (Fsp3) is 0.364. The van der Waals surface area contributed by atoms with Gasteiger partial charge in [0.2, 0.25) is 0 Å². The molecule has 4 N–H and O–H groups in total. The number of anilines is 1. The first-order chi connectivity index (χ1) is 8.26. The van der Waals surface area contributed by atoms with E-state index in [1.807, 2.05) is 6.07 Å². The molecule has 0 saturated heterocycles. The van der Waals surface area contributed by atoms with Crippen LogP contribution in [-0.2, 0) is 11.2 Å². The summed E-state index contributed by atoms with van der Waals surface area (Å²) in [6.07, 6.45) is 5.02. The van der Waals surface area contributed by atoms with Gasteiger partial charge >= 0.3 is 0 Å². The average Bonchev–Trinajstić information content (AvgIpc) is 2.37. The Labute approximate surface area is 99.3 Å². The van der Waals surface area contributed by atoms with Crippen molar-refractivity contribution in [1.29, 1.82) is 0 Å². The maximum atomic E-state index is 10.9. The highest BCUT2D eigenvalue weighted by molar-refractivity contribution is 5.75. The van der Waals surface area contributed by atoms with E-state index in [2.05, 4.69) is 10.1 Å². The Morgan fingerprint density at radius 1 is 1.53 bits per heavy atom. The van der Waals surface area contributed by atoms with Crippen LogP contribution in [0.15, 0.2) is 17.2 Å². The van der Waals surface area contributed by atoms with Crippen molar-refractivity contribution in [2.24, 2.45) is 16.8 Å². The molecule has 0 radical (unpaired) electrons. The Morgan fingerprint density at radius 2 is 2.35 bits per heavy atom. The molecule has 0 spiro atoms. The van der Waals surface area contributed by atoms with Gasteiger partial charge in [0.25, 0.3) is 0 Å². The molecule has 1 aliphatic carbocycles. The lowest BCUT2D eigenvalue weighted by Crippen LogP contribution is -2.31. The summed E-state index contributed by atoms with van der Waals surface area (Å²) >= 11 is 0. The van der Waals surface area contributed by atoms with E-state index in [1.165, 1.54) is 11.3 Å². The van der Waals surface area contributed by atoms with Gasteiger partial charge in [-0.2, -0.15) is 5.10 Å². The monoisotopic (exact) mass is 233 g/mol. The van der Waals surface area contributed by atoms with Gasteiger partial charge in [-0.15, -0.1) is 0 Å². The van der Waals surface area contributed by atoms with Crippen molar-refractivity contribution >= 4 is 18.4 Å². The minimum absolute atomic E-state index is 0.0327. The molecule has 0 bridgehead atoms. The molecular formula is C11H15N5O. The van der Waals surface area contributed by atoms with Crippen molar-refractivity contribution in [2.45, 2.75) is 25.2 Å². The van der Waals surface area contributed by atoms with Gasteiger partial charge in [-0.25, -0.2) is 15.8 Å². The number of hydrogen-bond acceptors (Lipinski definition) is 5. The number of nitrogens with zero attached hydrogens (tertiary/aromatic N) is 3. The first-order valence-electron chi connectivity index (χ1n) is 5.48. The molecule has 0 saturated carbocycles. The maximum absolute atomic E-state index is 10.9. The van der Waals surface area contributed by atoms with E-state index < -0.39 is 0 Å². The number of aldehydes is 1. The molecule has 90 valence electrons. The van der Waals surface area contributed by atoms with Gasteiger partial charge in [0, 0.05) is 11.6 Å². The third-order valence-corrected chi connectivity index (χ3v) is 2.94. The Hall–Kier alpha value is -1.95. The number of rotatable bonds is 3. The summed E-state index contributed by atoms with van der Waals surface area (Å²) in [6, 6.07) is 3.67. The molecule has 1 aromatic rings. The van der Waals surface area contributed by atoms with E-state index in [0.29, 0.717) is 5.82 Å². The Morgan fingerprint density at radius 3 is 3.06 bits per heavy atom. The second kappa shape index (κ2) is 4.92. The van der Waals surface area contributed by atoms with Crippen molar-refractivity contribution in [2.75, 3.05) is 5.01 Å². The van der Waals surface area contributed by atoms with Crippen LogP contribution in [0.5, 0.6) is 0 Å². The van der Waals surface area contributed by atoms with E-state index in [9.17, 15) is 4.79 Å². The fourth-order valence-electron chi connectivity index (χ4n) is 2.10. The molecule has 0 aromatic carbocycles. The third-order valence-electron chi connectivity index (χ3n) is 2.94. The topological polar surface area (TPSA) is 97.6 Å². The number of hydrazine groups is 1.